The molecule has 1 amide bonds. The second-order valence-electron chi connectivity index (χ2n) is 5.09. The molecule has 0 radical (unpaired) electrons. The molecule has 110 valence electrons. The maximum absolute atomic E-state index is 12.0. The van der Waals surface area contributed by atoms with E-state index in [0.29, 0.717) is 5.13 Å². The van der Waals surface area contributed by atoms with Crippen LogP contribution in [0.5, 0.6) is 0 Å². The number of aromatic nitrogens is 1. The number of nitrogens with one attached hydrogen (secondary N) is 1. The number of ether oxygens (including phenoxy) is 1. The average molecular weight is 296 g/mol. The summed E-state index contributed by atoms with van der Waals surface area (Å²) in [5, 5.41) is 4.62. The quantitative estimate of drug-likeness (QED) is 0.868. The van der Waals surface area contributed by atoms with Gasteiger partial charge in [-0.3, -0.25) is 4.79 Å². The van der Waals surface area contributed by atoms with Crippen molar-refractivity contribution in [2.45, 2.75) is 58.0 Å². The number of thiazole rings is 1. The number of carbonyl (C=O) groups excluding carboxylic acids is 2. The van der Waals surface area contributed by atoms with Gasteiger partial charge in [-0.2, -0.15) is 0 Å². The van der Waals surface area contributed by atoms with Crippen molar-refractivity contribution < 1.29 is 14.3 Å². The van der Waals surface area contributed by atoms with Crippen LogP contribution < -0.4 is 5.32 Å². The van der Waals surface area contributed by atoms with Crippen LogP contribution >= 0.6 is 11.3 Å². The van der Waals surface area contributed by atoms with Crippen molar-refractivity contribution in [3.05, 3.63) is 11.1 Å². The molecule has 0 atom stereocenters. The summed E-state index contributed by atoms with van der Waals surface area (Å²) in [5.74, 6) is -0.581. The molecule has 5 nitrogen and oxygen atoms in total. The van der Waals surface area contributed by atoms with E-state index >= 15 is 0 Å². The van der Waals surface area contributed by atoms with Crippen molar-refractivity contribution in [3.63, 3.8) is 0 Å². The first-order chi connectivity index (χ1) is 9.65. The van der Waals surface area contributed by atoms with Crippen LogP contribution in [0.25, 0.3) is 0 Å². The lowest BCUT2D eigenvalue weighted by Gasteiger charge is -2.19. The number of rotatable bonds is 3. The summed E-state index contributed by atoms with van der Waals surface area (Å²) in [6.45, 7) is 1.41. The van der Waals surface area contributed by atoms with Crippen molar-refractivity contribution in [1.82, 2.24) is 4.98 Å². The number of hydrogen-bond acceptors (Lipinski definition) is 5. The van der Waals surface area contributed by atoms with Gasteiger partial charge in [-0.05, 0) is 25.7 Å². The summed E-state index contributed by atoms with van der Waals surface area (Å²) < 4.78 is 5.52. The predicted octanol–water partition coefficient (Wildman–Crippen LogP) is 3.37. The third kappa shape index (κ3) is 4.59. The first kappa shape index (κ1) is 15.0. The van der Waals surface area contributed by atoms with Crippen molar-refractivity contribution in [1.29, 1.82) is 0 Å². The lowest BCUT2D eigenvalue weighted by molar-refractivity contribution is -0.114. The Morgan fingerprint density at radius 1 is 1.25 bits per heavy atom. The van der Waals surface area contributed by atoms with E-state index in [1.54, 1.807) is 5.38 Å². The number of nitrogens with zero attached hydrogens (tertiary/aromatic N) is 1. The molecular formula is C14H20N2O3S. The molecule has 1 N–H and O–H groups in total. The number of carbonyl (C=O) groups is 2. The van der Waals surface area contributed by atoms with E-state index in [1.807, 2.05) is 0 Å². The second kappa shape index (κ2) is 7.38. The van der Waals surface area contributed by atoms with Crippen LogP contribution in [0.1, 0.15) is 62.4 Å². The average Bonchev–Trinajstić information content (AvgIpc) is 2.80. The van der Waals surface area contributed by atoms with Gasteiger partial charge < -0.3 is 10.1 Å². The van der Waals surface area contributed by atoms with Gasteiger partial charge in [-0.1, -0.05) is 19.3 Å². The zero-order chi connectivity index (χ0) is 14.4. The highest BCUT2D eigenvalue weighted by Gasteiger charge is 2.19. The summed E-state index contributed by atoms with van der Waals surface area (Å²) in [4.78, 5) is 27.0. The minimum absolute atomic E-state index is 0.00807. The summed E-state index contributed by atoms with van der Waals surface area (Å²) in [5.41, 5.74) is 0.279. The van der Waals surface area contributed by atoms with Gasteiger partial charge in [0.2, 0.25) is 5.91 Å². The Morgan fingerprint density at radius 3 is 2.55 bits per heavy atom. The normalized spacial score (nSPS) is 17.1. The monoisotopic (exact) mass is 296 g/mol. The third-order valence-electron chi connectivity index (χ3n) is 3.32. The molecule has 1 aliphatic rings. The molecule has 0 aromatic carbocycles. The molecule has 0 unspecified atom stereocenters. The van der Waals surface area contributed by atoms with Gasteiger partial charge in [0.1, 0.15) is 6.10 Å². The van der Waals surface area contributed by atoms with Gasteiger partial charge in [-0.25, -0.2) is 9.78 Å². The van der Waals surface area contributed by atoms with Crippen LogP contribution in [-0.4, -0.2) is 23.0 Å². The van der Waals surface area contributed by atoms with Gasteiger partial charge in [0.25, 0.3) is 0 Å². The van der Waals surface area contributed by atoms with Crippen LogP contribution in [-0.2, 0) is 9.53 Å². The molecule has 0 aliphatic heterocycles. The smallest absolute Gasteiger partial charge is 0.358 e. The zero-order valence-corrected chi connectivity index (χ0v) is 12.5. The van der Waals surface area contributed by atoms with Gasteiger partial charge in [0.05, 0.1) is 0 Å². The number of anilines is 1. The molecule has 6 heteroatoms. The number of esters is 1. The second-order valence-corrected chi connectivity index (χ2v) is 5.95. The summed E-state index contributed by atoms with van der Waals surface area (Å²) in [6.07, 6.45) is 7.84. The van der Waals surface area contributed by atoms with Gasteiger partial charge in [-0.15, -0.1) is 11.3 Å². The van der Waals surface area contributed by atoms with Crippen LogP contribution in [0.15, 0.2) is 5.38 Å². The van der Waals surface area contributed by atoms with Crippen LogP contribution in [0.3, 0.4) is 0 Å². The molecule has 1 saturated carbocycles. The highest BCUT2D eigenvalue weighted by atomic mass is 32.1. The molecule has 20 heavy (non-hydrogen) atoms. The van der Waals surface area contributed by atoms with Crippen molar-refractivity contribution in [3.8, 4) is 0 Å². The van der Waals surface area contributed by atoms with Gasteiger partial charge in [0.15, 0.2) is 10.8 Å². The number of hydrogen-bond donors (Lipinski definition) is 1. The molecule has 2 rings (SSSR count). The van der Waals surface area contributed by atoms with E-state index in [2.05, 4.69) is 10.3 Å². The van der Waals surface area contributed by atoms with Crippen LogP contribution in [0, 0.1) is 0 Å². The predicted molar refractivity (Wildman–Crippen MR) is 77.9 cm³/mol. The standard InChI is InChI=1S/C14H20N2O3S/c1-10(17)15-14-16-12(9-20-14)13(18)19-11-7-5-3-2-4-6-8-11/h9,11H,2-8H2,1H3,(H,15,16,17). The Hall–Kier alpha value is -1.43. The first-order valence-electron chi connectivity index (χ1n) is 7.09. The fourth-order valence-corrected chi connectivity index (χ4v) is 3.05. The topological polar surface area (TPSA) is 68.3 Å². The Bertz CT molecular complexity index is 465. The minimum atomic E-state index is -0.386. The fourth-order valence-electron chi connectivity index (χ4n) is 2.32. The maximum atomic E-state index is 12.0. The van der Waals surface area contributed by atoms with Crippen LogP contribution in [0.2, 0.25) is 0 Å². The Labute approximate surface area is 122 Å². The first-order valence-corrected chi connectivity index (χ1v) is 7.97. The Balaban J connectivity index is 1.89. The summed E-state index contributed by atoms with van der Waals surface area (Å²) in [6, 6.07) is 0. The number of amides is 1. The zero-order valence-electron chi connectivity index (χ0n) is 11.7. The molecular weight excluding hydrogens is 276 g/mol. The molecule has 1 aromatic heterocycles. The summed E-state index contributed by atoms with van der Waals surface area (Å²) in [7, 11) is 0. The van der Waals surface area contributed by atoms with E-state index < -0.39 is 0 Å². The van der Waals surface area contributed by atoms with E-state index in [-0.39, 0.29) is 23.7 Å². The minimum Gasteiger partial charge on any atom is -0.458 e. The maximum Gasteiger partial charge on any atom is 0.358 e. The molecule has 1 aromatic rings. The largest absolute Gasteiger partial charge is 0.458 e. The van der Waals surface area contributed by atoms with Crippen LogP contribution in [0.4, 0.5) is 5.13 Å². The molecule has 1 aliphatic carbocycles. The molecule has 0 spiro atoms. The van der Waals surface area contributed by atoms with E-state index in [1.165, 1.54) is 37.5 Å². The molecule has 0 saturated heterocycles. The van der Waals surface area contributed by atoms with Gasteiger partial charge in [0, 0.05) is 12.3 Å². The van der Waals surface area contributed by atoms with E-state index in [4.69, 9.17) is 4.74 Å². The highest BCUT2D eigenvalue weighted by molar-refractivity contribution is 7.14. The van der Waals surface area contributed by atoms with Crippen molar-refractivity contribution in [2.75, 3.05) is 5.32 Å². The fraction of sp³-hybridized carbons (Fsp3) is 0.643. The lowest BCUT2D eigenvalue weighted by Crippen LogP contribution is -2.19. The van der Waals surface area contributed by atoms with E-state index in [9.17, 15) is 9.59 Å². The van der Waals surface area contributed by atoms with Gasteiger partial charge >= 0.3 is 5.97 Å². The summed E-state index contributed by atoms with van der Waals surface area (Å²) >= 11 is 1.23. The molecule has 1 heterocycles. The highest BCUT2D eigenvalue weighted by Crippen LogP contribution is 2.22. The molecule has 1 fully saturated rings. The van der Waals surface area contributed by atoms with Crippen molar-refractivity contribution >= 4 is 28.3 Å². The Kier molecular flexibility index (Phi) is 5.52. The Morgan fingerprint density at radius 2 is 1.90 bits per heavy atom. The SMILES string of the molecule is CC(=O)Nc1nc(C(=O)OC2CCCCCCC2)cs1. The van der Waals surface area contributed by atoms with E-state index in [0.717, 1.165) is 25.7 Å². The lowest BCUT2D eigenvalue weighted by atomic mass is 9.98. The third-order valence-corrected chi connectivity index (χ3v) is 4.08. The van der Waals surface area contributed by atoms with Crippen molar-refractivity contribution in [2.24, 2.45) is 0 Å². The molecule has 0 bridgehead atoms.